The average Bonchev–Trinajstić information content (AvgIpc) is 3.34. The molecular formula is C18H17N5O2. The van der Waals surface area contributed by atoms with Gasteiger partial charge in [0.25, 0.3) is 5.91 Å². The second kappa shape index (κ2) is 6.72. The predicted molar refractivity (Wildman–Crippen MR) is 90.3 cm³/mol. The SMILES string of the molecule is O=C(c1ncccc1Oc1ccccc1)N1CCC(n2cncn2)C1. The van der Waals surface area contributed by atoms with Crippen LogP contribution in [0.3, 0.4) is 0 Å². The quantitative estimate of drug-likeness (QED) is 0.732. The van der Waals surface area contributed by atoms with Crippen molar-refractivity contribution < 1.29 is 9.53 Å². The van der Waals surface area contributed by atoms with Crippen molar-refractivity contribution in [3.8, 4) is 11.5 Å². The number of carbonyl (C=O) groups excluding carboxylic acids is 1. The van der Waals surface area contributed by atoms with Gasteiger partial charge in [0.15, 0.2) is 11.4 Å². The van der Waals surface area contributed by atoms with Gasteiger partial charge in [-0.1, -0.05) is 18.2 Å². The average molecular weight is 335 g/mol. The summed E-state index contributed by atoms with van der Waals surface area (Å²) in [7, 11) is 0. The normalized spacial score (nSPS) is 16.8. The molecule has 1 aromatic carbocycles. The lowest BCUT2D eigenvalue weighted by molar-refractivity contribution is 0.0778. The maximum atomic E-state index is 12.9. The summed E-state index contributed by atoms with van der Waals surface area (Å²) in [5, 5.41) is 4.17. The van der Waals surface area contributed by atoms with Gasteiger partial charge in [0.1, 0.15) is 18.4 Å². The van der Waals surface area contributed by atoms with E-state index in [0.29, 0.717) is 30.3 Å². The monoisotopic (exact) mass is 335 g/mol. The summed E-state index contributed by atoms with van der Waals surface area (Å²) in [6, 6.07) is 13.0. The molecule has 7 heteroatoms. The lowest BCUT2D eigenvalue weighted by Gasteiger charge is -2.18. The molecule has 7 nitrogen and oxygen atoms in total. The molecule has 0 aliphatic carbocycles. The molecule has 25 heavy (non-hydrogen) atoms. The topological polar surface area (TPSA) is 73.1 Å². The summed E-state index contributed by atoms with van der Waals surface area (Å²) in [4.78, 5) is 22.9. The first kappa shape index (κ1) is 15.3. The summed E-state index contributed by atoms with van der Waals surface area (Å²) in [5.74, 6) is 1.00. The Morgan fingerprint density at radius 2 is 2.04 bits per heavy atom. The minimum absolute atomic E-state index is 0.130. The highest BCUT2D eigenvalue weighted by molar-refractivity contribution is 5.95. The van der Waals surface area contributed by atoms with Crippen LogP contribution < -0.4 is 4.74 Å². The number of rotatable bonds is 4. The fraction of sp³-hybridized carbons (Fsp3) is 0.222. The number of likely N-dealkylation sites (tertiary alicyclic amines) is 1. The molecular weight excluding hydrogens is 318 g/mol. The predicted octanol–water partition coefficient (Wildman–Crippen LogP) is 2.55. The van der Waals surface area contributed by atoms with Crippen LogP contribution in [-0.4, -0.2) is 43.6 Å². The molecule has 1 saturated heterocycles. The van der Waals surface area contributed by atoms with Gasteiger partial charge in [0.2, 0.25) is 0 Å². The lowest BCUT2D eigenvalue weighted by Crippen LogP contribution is -2.30. The van der Waals surface area contributed by atoms with Crippen LogP contribution in [0, 0.1) is 0 Å². The van der Waals surface area contributed by atoms with Crippen LogP contribution in [0.15, 0.2) is 61.3 Å². The fourth-order valence-corrected chi connectivity index (χ4v) is 2.95. The molecule has 1 aliphatic heterocycles. The molecule has 0 N–H and O–H groups in total. The van der Waals surface area contributed by atoms with E-state index < -0.39 is 0 Å². The molecule has 2 aromatic heterocycles. The smallest absolute Gasteiger partial charge is 0.276 e. The Labute approximate surface area is 144 Å². The maximum absolute atomic E-state index is 12.9. The summed E-state index contributed by atoms with van der Waals surface area (Å²) in [6.07, 6.45) is 5.64. The van der Waals surface area contributed by atoms with Crippen molar-refractivity contribution in [1.29, 1.82) is 0 Å². The van der Waals surface area contributed by atoms with Crippen molar-refractivity contribution in [1.82, 2.24) is 24.6 Å². The van der Waals surface area contributed by atoms with Crippen LogP contribution in [0.5, 0.6) is 11.5 Å². The van der Waals surface area contributed by atoms with Crippen LogP contribution >= 0.6 is 0 Å². The molecule has 3 aromatic rings. The van der Waals surface area contributed by atoms with Crippen LogP contribution in [0.1, 0.15) is 23.0 Å². The molecule has 1 fully saturated rings. The number of hydrogen-bond donors (Lipinski definition) is 0. The van der Waals surface area contributed by atoms with E-state index in [2.05, 4.69) is 15.1 Å². The number of ether oxygens (including phenoxy) is 1. The summed E-state index contributed by atoms with van der Waals surface area (Å²) < 4.78 is 7.65. The Hall–Kier alpha value is -3.22. The Morgan fingerprint density at radius 1 is 1.16 bits per heavy atom. The first-order chi connectivity index (χ1) is 12.3. The molecule has 0 spiro atoms. The Kier molecular flexibility index (Phi) is 4.12. The molecule has 1 unspecified atom stereocenters. The maximum Gasteiger partial charge on any atom is 0.276 e. The van der Waals surface area contributed by atoms with Crippen LogP contribution in [0.25, 0.3) is 0 Å². The standard InChI is InChI=1S/C18H17N5O2/c24-18(22-10-8-14(11-22)23-13-19-12-21-23)17-16(7-4-9-20-17)25-15-5-2-1-3-6-15/h1-7,9,12-14H,8,10-11H2. The van der Waals surface area contributed by atoms with Crippen molar-refractivity contribution in [2.24, 2.45) is 0 Å². The van der Waals surface area contributed by atoms with Crippen molar-refractivity contribution in [2.45, 2.75) is 12.5 Å². The zero-order chi connectivity index (χ0) is 17.1. The van der Waals surface area contributed by atoms with Crippen molar-refractivity contribution in [3.05, 3.63) is 67.0 Å². The highest BCUT2D eigenvalue weighted by Crippen LogP contribution is 2.27. The molecule has 3 heterocycles. The molecule has 1 amide bonds. The third-order valence-electron chi connectivity index (χ3n) is 4.21. The largest absolute Gasteiger partial charge is 0.455 e. The Balaban J connectivity index is 1.53. The van der Waals surface area contributed by atoms with E-state index >= 15 is 0 Å². The molecule has 4 rings (SSSR count). The summed E-state index contributed by atoms with van der Waals surface area (Å²) >= 11 is 0. The number of benzene rings is 1. The molecule has 1 aliphatic rings. The van der Waals surface area contributed by atoms with Gasteiger partial charge in [0, 0.05) is 19.3 Å². The van der Waals surface area contributed by atoms with E-state index in [1.807, 2.05) is 30.3 Å². The second-order valence-corrected chi connectivity index (χ2v) is 5.83. The first-order valence-electron chi connectivity index (χ1n) is 8.12. The van der Waals surface area contributed by atoms with Crippen LogP contribution in [-0.2, 0) is 0 Å². The van der Waals surface area contributed by atoms with Gasteiger partial charge < -0.3 is 9.64 Å². The highest BCUT2D eigenvalue weighted by atomic mass is 16.5. The number of aromatic nitrogens is 4. The van der Waals surface area contributed by atoms with Gasteiger partial charge >= 0.3 is 0 Å². The van der Waals surface area contributed by atoms with E-state index in [1.54, 1.807) is 34.2 Å². The third-order valence-corrected chi connectivity index (χ3v) is 4.21. The second-order valence-electron chi connectivity index (χ2n) is 5.83. The zero-order valence-electron chi connectivity index (χ0n) is 13.5. The third kappa shape index (κ3) is 3.21. The van der Waals surface area contributed by atoms with Gasteiger partial charge in [-0.2, -0.15) is 5.10 Å². The molecule has 1 atom stereocenters. The minimum atomic E-state index is -0.130. The van der Waals surface area contributed by atoms with Crippen LogP contribution in [0.4, 0.5) is 0 Å². The summed E-state index contributed by atoms with van der Waals surface area (Å²) in [6.45, 7) is 1.24. The van der Waals surface area contributed by atoms with E-state index in [1.165, 1.54) is 6.33 Å². The first-order valence-corrected chi connectivity index (χ1v) is 8.12. The Morgan fingerprint density at radius 3 is 2.84 bits per heavy atom. The van der Waals surface area contributed by atoms with E-state index in [9.17, 15) is 4.79 Å². The molecule has 0 radical (unpaired) electrons. The fourth-order valence-electron chi connectivity index (χ4n) is 2.95. The van der Waals surface area contributed by atoms with Gasteiger partial charge in [-0.25, -0.2) is 14.6 Å². The van der Waals surface area contributed by atoms with Crippen molar-refractivity contribution in [3.63, 3.8) is 0 Å². The number of nitrogens with zero attached hydrogens (tertiary/aromatic N) is 5. The van der Waals surface area contributed by atoms with E-state index in [-0.39, 0.29) is 11.9 Å². The van der Waals surface area contributed by atoms with Gasteiger partial charge in [-0.05, 0) is 30.7 Å². The van der Waals surface area contributed by atoms with Crippen molar-refractivity contribution in [2.75, 3.05) is 13.1 Å². The highest BCUT2D eigenvalue weighted by Gasteiger charge is 2.30. The molecule has 0 bridgehead atoms. The van der Waals surface area contributed by atoms with Gasteiger partial charge in [0.05, 0.1) is 6.04 Å². The molecule has 126 valence electrons. The number of para-hydroxylation sites is 1. The number of carbonyl (C=O) groups is 1. The van der Waals surface area contributed by atoms with E-state index in [4.69, 9.17) is 4.74 Å². The van der Waals surface area contributed by atoms with Crippen LogP contribution in [0.2, 0.25) is 0 Å². The van der Waals surface area contributed by atoms with Crippen molar-refractivity contribution >= 4 is 5.91 Å². The number of amides is 1. The molecule has 0 saturated carbocycles. The lowest BCUT2D eigenvalue weighted by atomic mass is 10.2. The van der Waals surface area contributed by atoms with Gasteiger partial charge in [-0.15, -0.1) is 0 Å². The summed E-state index contributed by atoms with van der Waals surface area (Å²) in [5.41, 5.74) is 0.325. The number of pyridine rings is 1. The zero-order valence-corrected chi connectivity index (χ0v) is 13.5. The van der Waals surface area contributed by atoms with E-state index in [0.717, 1.165) is 6.42 Å². The van der Waals surface area contributed by atoms with Gasteiger partial charge in [-0.3, -0.25) is 4.79 Å². The number of hydrogen-bond acceptors (Lipinski definition) is 5. The Bertz CT molecular complexity index is 851. The minimum Gasteiger partial charge on any atom is -0.455 e.